The van der Waals surface area contributed by atoms with Crippen molar-refractivity contribution in [2.75, 3.05) is 19.0 Å². The van der Waals surface area contributed by atoms with Crippen molar-refractivity contribution in [1.82, 2.24) is 14.8 Å². The summed E-state index contributed by atoms with van der Waals surface area (Å²) in [6.07, 6.45) is 1.11. The van der Waals surface area contributed by atoms with E-state index in [-0.39, 0.29) is 6.61 Å². The van der Waals surface area contributed by atoms with E-state index in [9.17, 15) is 4.79 Å². The number of carbonyl (C=O) groups excluding carboxylic acids is 1. The van der Waals surface area contributed by atoms with Crippen LogP contribution in [0.1, 0.15) is 30.8 Å². The highest BCUT2D eigenvalue weighted by Crippen LogP contribution is 2.38. The zero-order valence-electron chi connectivity index (χ0n) is 14.2. The molecule has 2 heterocycles. The van der Waals surface area contributed by atoms with E-state index >= 15 is 0 Å². The summed E-state index contributed by atoms with van der Waals surface area (Å²) >= 11 is 0. The van der Waals surface area contributed by atoms with Gasteiger partial charge in [0.15, 0.2) is 5.82 Å². The topological polar surface area (TPSA) is 115 Å². The first-order valence-corrected chi connectivity index (χ1v) is 8.03. The molecule has 25 heavy (non-hydrogen) atoms. The second kappa shape index (κ2) is 6.94. The molecule has 1 aliphatic heterocycles. The van der Waals surface area contributed by atoms with E-state index in [0.717, 1.165) is 5.56 Å². The molecule has 0 fully saturated rings. The summed E-state index contributed by atoms with van der Waals surface area (Å²) in [5.41, 5.74) is 7.47. The average molecular weight is 343 g/mol. The minimum absolute atomic E-state index is 0.0665. The van der Waals surface area contributed by atoms with Crippen LogP contribution in [0.4, 0.5) is 5.95 Å². The fraction of sp³-hybridized carbons (Fsp3) is 0.353. The van der Waals surface area contributed by atoms with Gasteiger partial charge in [0.05, 0.1) is 12.7 Å². The largest absolute Gasteiger partial charge is 0.496 e. The summed E-state index contributed by atoms with van der Waals surface area (Å²) in [5, 5.41) is 16.6. The highest BCUT2D eigenvalue weighted by molar-refractivity contribution is 5.95. The molecular formula is C17H21N5O3. The quantitative estimate of drug-likeness (QED) is 0.720. The van der Waals surface area contributed by atoms with E-state index in [0.29, 0.717) is 41.6 Å². The van der Waals surface area contributed by atoms with Crippen LogP contribution in [0.3, 0.4) is 0 Å². The predicted octanol–water partition coefficient (Wildman–Crippen LogP) is 0.986. The van der Waals surface area contributed by atoms with Gasteiger partial charge in [-0.15, -0.1) is 0 Å². The van der Waals surface area contributed by atoms with Crippen LogP contribution in [0, 0.1) is 0 Å². The number of fused-ring (bicyclic) bond motifs is 1. The summed E-state index contributed by atoms with van der Waals surface area (Å²) in [6, 6.07) is 6.91. The minimum Gasteiger partial charge on any atom is -0.496 e. The van der Waals surface area contributed by atoms with E-state index in [1.54, 1.807) is 18.7 Å². The van der Waals surface area contributed by atoms with Crippen LogP contribution in [-0.4, -0.2) is 39.5 Å². The standard InChI is InChI=1S/C17H21N5O3/c1-10-14(16(18)24)15(11-6-3-4-7-12(11)25-2)22-17(19-10)20-13(21-22)8-5-9-23/h3-4,6-7,15,23H,5,8-9H2,1-2H3,(H2,18,24)(H,19,20,21)/t15-/m1/s1. The summed E-state index contributed by atoms with van der Waals surface area (Å²) < 4.78 is 7.11. The number of nitrogens with zero attached hydrogens (tertiary/aromatic N) is 3. The van der Waals surface area contributed by atoms with Crippen molar-refractivity contribution in [2.24, 2.45) is 5.73 Å². The highest BCUT2D eigenvalue weighted by Gasteiger charge is 2.34. The predicted molar refractivity (Wildman–Crippen MR) is 92.1 cm³/mol. The Kier molecular flexibility index (Phi) is 4.71. The number of aryl methyl sites for hydroxylation is 1. The number of hydrogen-bond acceptors (Lipinski definition) is 6. The minimum atomic E-state index is -0.529. The number of anilines is 1. The van der Waals surface area contributed by atoms with Crippen LogP contribution in [-0.2, 0) is 11.2 Å². The summed E-state index contributed by atoms with van der Waals surface area (Å²) in [5.74, 6) is 1.24. The number of methoxy groups -OCH3 is 1. The molecular weight excluding hydrogens is 322 g/mol. The molecule has 2 aromatic rings. The number of rotatable bonds is 6. The molecule has 1 aromatic heterocycles. The van der Waals surface area contributed by atoms with Crippen LogP contribution in [0.15, 0.2) is 35.5 Å². The molecule has 1 aromatic carbocycles. The lowest BCUT2D eigenvalue weighted by atomic mass is 9.94. The number of primary amides is 1. The third-order valence-electron chi connectivity index (χ3n) is 4.15. The van der Waals surface area contributed by atoms with E-state index in [2.05, 4.69) is 15.4 Å². The molecule has 1 atom stereocenters. The van der Waals surface area contributed by atoms with Crippen molar-refractivity contribution in [1.29, 1.82) is 0 Å². The molecule has 4 N–H and O–H groups in total. The first-order chi connectivity index (χ1) is 12.1. The Hall–Kier alpha value is -2.87. The summed E-state index contributed by atoms with van der Waals surface area (Å²) in [7, 11) is 1.58. The maximum Gasteiger partial charge on any atom is 0.248 e. The summed E-state index contributed by atoms with van der Waals surface area (Å²) in [6.45, 7) is 1.85. The van der Waals surface area contributed by atoms with Crippen molar-refractivity contribution >= 4 is 11.9 Å². The number of para-hydroxylation sites is 1. The number of benzene rings is 1. The lowest BCUT2D eigenvalue weighted by molar-refractivity contribution is -0.115. The number of allylic oxidation sites excluding steroid dienone is 1. The van der Waals surface area contributed by atoms with E-state index < -0.39 is 11.9 Å². The van der Waals surface area contributed by atoms with Gasteiger partial charge >= 0.3 is 0 Å². The van der Waals surface area contributed by atoms with Crippen LogP contribution in [0.25, 0.3) is 0 Å². The van der Waals surface area contributed by atoms with Gasteiger partial charge in [-0.2, -0.15) is 10.1 Å². The van der Waals surface area contributed by atoms with Crippen LogP contribution < -0.4 is 15.8 Å². The van der Waals surface area contributed by atoms with E-state index in [1.807, 2.05) is 24.3 Å². The number of aliphatic hydroxyl groups excluding tert-OH is 1. The Bertz CT molecular complexity index is 827. The Morgan fingerprint density at radius 1 is 1.44 bits per heavy atom. The fourth-order valence-corrected chi connectivity index (χ4v) is 3.04. The van der Waals surface area contributed by atoms with Gasteiger partial charge in [-0.05, 0) is 19.4 Å². The monoisotopic (exact) mass is 343 g/mol. The van der Waals surface area contributed by atoms with Gasteiger partial charge in [-0.3, -0.25) is 4.79 Å². The number of aromatic nitrogens is 3. The van der Waals surface area contributed by atoms with Crippen LogP contribution in [0.5, 0.6) is 5.75 Å². The van der Waals surface area contributed by atoms with Gasteiger partial charge in [0.1, 0.15) is 11.8 Å². The molecule has 0 bridgehead atoms. The molecule has 0 radical (unpaired) electrons. The maximum absolute atomic E-state index is 12.1. The highest BCUT2D eigenvalue weighted by atomic mass is 16.5. The Morgan fingerprint density at radius 2 is 2.20 bits per heavy atom. The third kappa shape index (κ3) is 3.08. The summed E-state index contributed by atoms with van der Waals surface area (Å²) in [4.78, 5) is 16.6. The van der Waals surface area contributed by atoms with Crippen molar-refractivity contribution in [2.45, 2.75) is 25.8 Å². The normalized spacial score (nSPS) is 16.4. The third-order valence-corrected chi connectivity index (χ3v) is 4.15. The van der Waals surface area contributed by atoms with Crippen molar-refractivity contribution in [3.63, 3.8) is 0 Å². The molecule has 0 unspecified atom stereocenters. The fourth-order valence-electron chi connectivity index (χ4n) is 3.04. The van der Waals surface area contributed by atoms with Crippen molar-refractivity contribution in [3.8, 4) is 5.75 Å². The maximum atomic E-state index is 12.1. The first-order valence-electron chi connectivity index (χ1n) is 8.03. The second-order valence-electron chi connectivity index (χ2n) is 5.80. The molecule has 3 rings (SSSR count). The Balaban J connectivity index is 2.15. The molecule has 0 aliphatic carbocycles. The van der Waals surface area contributed by atoms with E-state index in [1.165, 1.54) is 0 Å². The zero-order valence-corrected chi connectivity index (χ0v) is 14.2. The lowest BCUT2D eigenvalue weighted by Crippen LogP contribution is -2.32. The number of nitrogens with one attached hydrogen (secondary N) is 1. The molecule has 1 amide bonds. The number of amides is 1. The number of hydrogen-bond donors (Lipinski definition) is 3. The Labute approximate surface area is 145 Å². The average Bonchev–Trinajstić information content (AvgIpc) is 3.00. The van der Waals surface area contributed by atoms with Crippen LogP contribution in [0.2, 0.25) is 0 Å². The van der Waals surface area contributed by atoms with E-state index in [4.69, 9.17) is 15.6 Å². The molecule has 1 aliphatic rings. The van der Waals surface area contributed by atoms with Gasteiger partial charge in [0.2, 0.25) is 11.9 Å². The molecule has 8 nitrogen and oxygen atoms in total. The number of nitrogens with two attached hydrogens (primary N) is 1. The number of carbonyl (C=O) groups is 1. The van der Waals surface area contributed by atoms with Gasteiger partial charge in [-0.1, -0.05) is 18.2 Å². The number of ether oxygens (including phenoxy) is 1. The van der Waals surface area contributed by atoms with Crippen molar-refractivity contribution in [3.05, 3.63) is 46.9 Å². The molecule has 132 valence electrons. The first kappa shape index (κ1) is 17.0. The van der Waals surface area contributed by atoms with Crippen LogP contribution >= 0.6 is 0 Å². The molecule has 0 saturated carbocycles. The van der Waals surface area contributed by atoms with Crippen molar-refractivity contribution < 1.29 is 14.6 Å². The van der Waals surface area contributed by atoms with Gasteiger partial charge in [0, 0.05) is 24.3 Å². The lowest BCUT2D eigenvalue weighted by Gasteiger charge is -2.28. The second-order valence-corrected chi connectivity index (χ2v) is 5.80. The smallest absolute Gasteiger partial charge is 0.248 e. The van der Waals surface area contributed by atoms with Gasteiger partial charge in [0.25, 0.3) is 0 Å². The van der Waals surface area contributed by atoms with Gasteiger partial charge < -0.3 is 20.9 Å². The SMILES string of the molecule is COc1ccccc1[C@@H]1C(C(N)=O)=C(C)Nc2nc(CCCO)nn21. The van der Waals surface area contributed by atoms with Gasteiger partial charge in [-0.25, -0.2) is 4.68 Å². The Morgan fingerprint density at radius 3 is 2.88 bits per heavy atom. The molecule has 0 saturated heterocycles. The molecule has 8 heteroatoms. The zero-order chi connectivity index (χ0) is 18.0. The number of aliphatic hydroxyl groups is 1. The molecule has 0 spiro atoms.